The minimum absolute atomic E-state index is 0.0570. The minimum Gasteiger partial charge on any atom is -0.497 e. The van der Waals surface area contributed by atoms with E-state index in [1.165, 1.54) is 11.3 Å². The van der Waals surface area contributed by atoms with Crippen molar-refractivity contribution in [2.45, 2.75) is 12.6 Å². The second-order valence-corrected chi connectivity index (χ2v) is 7.02. The van der Waals surface area contributed by atoms with Crippen LogP contribution in [0.4, 0.5) is 5.69 Å². The van der Waals surface area contributed by atoms with Gasteiger partial charge in [-0.1, -0.05) is 30.3 Å². The highest BCUT2D eigenvalue weighted by Crippen LogP contribution is 2.34. The van der Waals surface area contributed by atoms with Gasteiger partial charge in [-0.2, -0.15) is 0 Å². The van der Waals surface area contributed by atoms with Crippen LogP contribution in [-0.4, -0.2) is 35.3 Å². The highest BCUT2D eigenvalue weighted by Gasteiger charge is 2.30. The summed E-state index contributed by atoms with van der Waals surface area (Å²) in [6.07, 6.45) is 2.13. The topological polar surface area (TPSA) is 38.7 Å². The second kappa shape index (κ2) is 7.94. The van der Waals surface area contributed by atoms with Crippen LogP contribution in [0.3, 0.4) is 0 Å². The molecule has 4 rings (SSSR count). The Bertz CT molecular complexity index is 971. The molecule has 0 saturated carbocycles. The van der Waals surface area contributed by atoms with Gasteiger partial charge in [-0.15, -0.1) is 0 Å². The summed E-state index contributed by atoms with van der Waals surface area (Å²) >= 11 is 5.83. The van der Waals surface area contributed by atoms with Gasteiger partial charge in [-0.05, 0) is 42.0 Å². The number of benzene rings is 2. The number of aromatic nitrogens is 1. The molecule has 1 aromatic heterocycles. The zero-order valence-corrected chi connectivity index (χ0v) is 16.8. The summed E-state index contributed by atoms with van der Waals surface area (Å²) < 4.78 is 13.1. The smallest absolute Gasteiger partial charge is 0.174 e. The number of methoxy groups -OCH3 is 2. The molecule has 0 spiro atoms. The fourth-order valence-electron chi connectivity index (χ4n) is 3.69. The largest absolute Gasteiger partial charge is 0.497 e. The molecule has 28 heavy (non-hydrogen) atoms. The Morgan fingerprint density at radius 1 is 1.00 bits per heavy atom. The van der Waals surface area contributed by atoms with Crippen LogP contribution in [0.2, 0.25) is 0 Å². The van der Waals surface area contributed by atoms with Crippen molar-refractivity contribution >= 4 is 23.0 Å². The maximum atomic E-state index is 5.83. The minimum atomic E-state index is 0.0570. The number of hydrogen-bond donors (Lipinski definition) is 1. The predicted molar refractivity (Wildman–Crippen MR) is 115 cm³/mol. The summed E-state index contributed by atoms with van der Waals surface area (Å²) in [6, 6.07) is 20.4. The van der Waals surface area contributed by atoms with Crippen LogP contribution in [-0.2, 0) is 6.54 Å². The Hall–Kier alpha value is -2.99. The summed E-state index contributed by atoms with van der Waals surface area (Å²) in [5, 5.41) is 4.03. The number of ether oxygens (including phenoxy) is 2. The van der Waals surface area contributed by atoms with Crippen LogP contribution in [0, 0.1) is 0 Å². The SMILES string of the molecule is COc1ccc(OC)c(NC(=S)N2CCn3cccc3C2c2ccccc2)c1. The first-order chi connectivity index (χ1) is 13.7. The molecule has 0 bridgehead atoms. The van der Waals surface area contributed by atoms with Gasteiger partial charge in [0.1, 0.15) is 11.5 Å². The van der Waals surface area contributed by atoms with Crippen molar-refractivity contribution < 1.29 is 9.47 Å². The summed E-state index contributed by atoms with van der Waals surface area (Å²) in [4.78, 5) is 2.24. The third-order valence-electron chi connectivity index (χ3n) is 5.06. The Morgan fingerprint density at radius 3 is 2.57 bits per heavy atom. The Labute approximate surface area is 170 Å². The maximum Gasteiger partial charge on any atom is 0.174 e. The van der Waals surface area contributed by atoms with Crippen LogP contribution in [0.5, 0.6) is 11.5 Å². The van der Waals surface area contributed by atoms with Gasteiger partial charge < -0.3 is 24.3 Å². The molecule has 1 atom stereocenters. The van der Waals surface area contributed by atoms with Gasteiger partial charge in [-0.3, -0.25) is 0 Å². The predicted octanol–water partition coefficient (Wildman–Crippen LogP) is 4.31. The lowest BCUT2D eigenvalue weighted by Crippen LogP contribution is -2.44. The standard InChI is InChI=1S/C22H23N3O2S/c1-26-17-10-11-20(27-2)18(15-17)23-22(28)25-14-13-24-12-6-9-19(24)21(25)16-7-4-3-5-8-16/h3-12,15,21H,13-14H2,1-2H3,(H,23,28). The first kappa shape index (κ1) is 18.4. The summed E-state index contributed by atoms with van der Waals surface area (Å²) in [6.45, 7) is 1.71. The van der Waals surface area contributed by atoms with E-state index in [0.717, 1.165) is 30.3 Å². The first-order valence-corrected chi connectivity index (χ1v) is 9.61. The third kappa shape index (κ3) is 3.43. The first-order valence-electron chi connectivity index (χ1n) is 9.21. The Balaban J connectivity index is 1.67. The highest BCUT2D eigenvalue weighted by atomic mass is 32.1. The Morgan fingerprint density at radius 2 is 1.82 bits per heavy atom. The number of hydrogen-bond acceptors (Lipinski definition) is 3. The number of thiocarbonyl (C=S) groups is 1. The summed E-state index contributed by atoms with van der Waals surface area (Å²) in [7, 11) is 3.30. The fraction of sp³-hybridized carbons (Fsp3) is 0.227. The van der Waals surface area contributed by atoms with Crippen molar-refractivity contribution in [1.29, 1.82) is 0 Å². The van der Waals surface area contributed by atoms with Crippen LogP contribution in [0.25, 0.3) is 0 Å². The zero-order chi connectivity index (χ0) is 19.5. The van der Waals surface area contributed by atoms with Crippen molar-refractivity contribution in [3.8, 4) is 11.5 Å². The molecule has 0 aliphatic carbocycles. The third-order valence-corrected chi connectivity index (χ3v) is 5.40. The molecule has 1 N–H and O–H groups in total. The van der Waals surface area contributed by atoms with E-state index in [0.29, 0.717) is 5.11 Å². The molecule has 2 heterocycles. The van der Waals surface area contributed by atoms with Crippen LogP contribution < -0.4 is 14.8 Å². The molecule has 0 amide bonds. The Kier molecular flexibility index (Phi) is 5.21. The monoisotopic (exact) mass is 393 g/mol. The van der Waals surface area contributed by atoms with Crippen molar-refractivity contribution in [2.24, 2.45) is 0 Å². The van der Waals surface area contributed by atoms with Crippen molar-refractivity contribution in [1.82, 2.24) is 9.47 Å². The molecule has 0 radical (unpaired) electrons. The van der Waals surface area contributed by atoms with Crippen LogP contribution in [0.1, 0.15) is 17.3 Å². The normalized spacial score (nSPS) is 15.6. The molecule has 0 saturated heterocycles. The number of rotatable bonds is 4. The van der Waals surface area contributed by atoms with E-state index in [4.69, 9.17) is 21.7 Å². The molecule has 144 valence electrons. The van der Waals surface area contributed by atoms with Gasteiger partial charge in [0.05, 0.1) is 25.9 Å². The lowest BCUT2D eigenvalue weighted by Gasteiger charge is -2.39. The highest BCUT2D eigenvalue weighted by molar-refractivity contribution is 7.80. The van der Waals surface area contributed by atoms with Crippen molar-refractivity contribution in [3.63, 3.8) is 0 Å². The molecule has 1 aliphatic heterocycles. The molecule has 5 nitrogen and oxygen atoms in total. The molecule has 1 unspecified atom stereocenters. The van der Waals surface area contributed by atoms with E-state index in [2.05, 4.69) is 57.4 Å². The van der Waals surface area contributed by atoms with Gasteiger partial charge in [0.15, 0.2) is 5.11 Å². The second-order valence-electron chi connectivity index (χ2n) is 6.63. The lowest BCUT2D eigenvalue weighted by molar-refractivity contribution is 0.293. The van der Waals surface area contributed by atoms with Crippen molar-refractivity contribution in [3.05, 3.63) is 78.1 Å². The van der Waals surface area contributed by atoms with Crippen LogP contribution in [0.15, 0.2) is 66.9 Å². The number of nitrogens with zero attached hydrogens (tertiary/aromatic N) is 2. The molecule has 1 aliphatic rings. The van der Waals surface area contributed by atoms with Gasteiger partial charge >= 0.3 is 0 Å². The average Bonchev–Trinajstić information content (AvgIpc) is 3.22. The maximum absolute atomic E-state index is 5.83. The summed E-state index contributed by atoms with van der Waals surface area (Å²) in [5.74, 6) is 1.47. The fourth-order valence-corrected chi connectivity index (χ4v) is 3.99. The van der Waals surface area contributed by atoms with Gasteiger partial charge in [0, 0.05) is 31.0 Å². The average molecular weight is 394 g/mol. The van der Waals surface area contributed by atoms with E-state index >= 15 is 0 Å². The quantitative estimate of drug-likeness (QED) is 0.669. The molecule has 0 fully saturated rings. The lowest BCUT2D eigenvalue weighted by atomic mass is 10.0. The van der Waals surface area contributed by atoms with E-state index in [1.54, 1.807) is 14.2 Å². The van der Waals surface area contributed by atoms with E-state index < -0.39 is 0 Å². The van der Waals surface area contributed by atoms with Gasteiger partial charge in [0.2, 0.25) is 0 Å². The van der Waals surface area contributed by atoms with Gasteiger partial charge in [-0.25, -0.2) is 0 Å². The van der Waals surface area contributed by atoms with Crippen molar-refractivity contribution in [2.75, 3.05) is 26.1 Å². The molecule has 6 heteroatoms. The molecular formula is C22H23N3O2S. The van der Waals surface area contributed by atoms with E-state index in [1.807, 2.05) is 24.3 Å². The van der Waals surface area contributed by atoms with E-state index in [9.17, 15) is 0 Å². The number of fused-ring (bicyclic) bond motifs is 1. The van der Waals surface area contributed by atoms with E-state index in [-0.39, 0.29) is 6.04 Å². The zero-order valence-electron chi connectivity index (χ0n) is 16.0. The van der Waals surface area contributed by atoms with Gasteiger partial charge in [0.25, 0.3) is 0 Å². The molecule has 2 aromatic carbocycles. The molecule has 3 aromatic rings. The summed E-state index contributed by atoms with van der Waals surface area (Å²) in [5.41, 5.74) is 3.24. The molecular weight excluding hydrogens is 370 g/mol. The number of anilines is 1. The van der Waals surface area contributed by atoms with Crippen LogP contribution >= 0.6 is 12.2 Å². The number of nitrogens with one attached hydrogen (secondary N) is 1.